The molecular weight excluding hydrogens is 236 g/mol. The van der Waals surface area contributed by atoms with E-state index in [1.54, 1.807) is 6.33 Å². The molecule has 1 aromatic heterocycles. The summed E-state index contributed by atoms with van der Waals surface area (Å²) in [6.45, 7) is 8.67. The van der Waals surface area contributed by atoms with E-state index in [-0.39, 0.29) is 0 Å². The van der Waals surface area contributed by atoms with Gasteiger partial charge in [0, 0.05) is 24.7 Å². The van der Waals surface area contributed by atoms with Crippen molar-refractivity contribution in [2.75, 3.05) is 23.3 Å². The van der Waals surface area contributed by atoms with Gasteiger partial charge in [0.05, 0.1) is 0 Å². The molecule has 0 aliphatic carbocycles. The molecule has 0 radical (unpaired) electrons. The summed E-state index contributed by atoms with van der Waals surface area (Å²) in [6, 6.07) is 0.591. The monoisotopic (exact) mass is 262 g/mol. The quantitative estimate of drug-likeness (QED) is 0.884. The van der Waals surface area contributed by atoms with Crippen LogP contribution in [-0.4, -0.2) is 29.1 Å². The SMILES string of the molecule is CCCc1c(NCC)ncnc1N1CCCCC1C. The van der Waals surface area contributed by atoms with Gasteiger partial charge in [-0.15, -0.1) is 0 Å². The van der Waals surface area contributed by atoms with Crippen LogP contribution in [0.2, 0.25) is 0 Å². The van der Waals surface area contributed by atoms with E-state index >= 15 is 0 Å². The zero-order valence-corrected chi connectivity index (χ0v) is 12.4. The highest BCUT2D eigenvalue weighted by molar-refractivity contribution is 5.59. The summed E-state index contributed by atoms with van der Waals surface area (Å²) in [6.07, 6.45) is 7.75. The molecule has 19 heavy (non-hydrogen) atoms. The number of hydrogen-bond acceptors (Lipinski definition) is 4. The molecule has 0 bridgehead atoms. The normalized spacial score (nSPS) is 19.5. The zero-order valence-electron chi connectivity index (χ0n) is 12.4. The van der Waals surface area contributed by atoms with Crippen LogP contribution in [0.1, 0.15) is 52.0 Å². The second kappa shape index (κ2) is 6.73. The number of hydrogen-bond donors (Lipinski definition) is 1. The van der Waals surface area contributed by atoms with Crippen LogP contribution >= 0.6 is 0 Å². The van der Waals surface area contributed by atoms with Gasteiger partial charge in [0.1, 0.15) is 18.0 Å². The molecule has 1 saturated heterocycles. The molecular formula is C15H26N4. The summed E-state index contributed by atoms with van der Waals surface area (Å²) < 4.78 is 0. The van der Waals surface area contributed by atoms with Crippen molar-refractivity contribution in [3.8, 4) is 0 Å². The molecule has 1 aromatic rings. The van der Waals surface area contributed by atoms with Crippen molar-refractivity contribution in [1.29, 1.82) is 0 Å². The lowest BCUT2D eigenvalue weighted by molar-refractivity contribution is 0.479. The molecule has 1 fully saturated rings. The molecule has 0 aromatic carbocycles. The third kappa shape index (κ3) is 3.17. The van der Waals surface area contributed by atoms with E-state index in [2.05, 4.69) is 41.0 Å². The van der Waals surface area contributed by atoms with Crippen molar-refractivity contribution in [2.45, 2.75) is 58.9 Å². The summed E-state index contributed by atoms with van der Waals surface area (Å²) in [5, 5.41) is 3.38. The van der Waals surface area contributed by atoms with Gasteiger partial charge < -0.3 is 10.2 Å². The zero-order chi connectivity index (χ0) is 13.7. The Hall–Kier alpha value is -1.32. The van der Waals surface area contributed by atoms with E-state index in [1.807, 2.05) is 0 Å². The fourth-order valence-corrected chi connectivity index (χ4v) is 2.86. The van der Waals surface area contributed by atoms with Crippen molar-refractivity contribution in [2.24, 2.45) is 0 Å². The van der Waals surface area contributed by atoms with E-state index in [9.17, 15) is 0 Å². The maximum atomic E-state index is 4.59. The fourth-order valence-electron chi connectivity index (χ4n) is 2.86. The second-order valence-corrected chi connectivity index (χ2v) is 5.34. The van der Waals surface area contributed by atoms with Gasteiger partial charge in [-0.3, -0.25) is 0 Å². The fraction of sp³-hybridized carbons (Fsp3) is 0.733. The van der Waals surface area contributed by atoms with Crippen molar-refractivity contribution in [1.82, 2.24) is 9.97 Å². The Morgan fingerprint density at radius 1 is 1.32 bits per heavy atom. The summed E-state index contributed by atoms with van der Waals surface area (Å²) in [5.41, 5.74) is 1.29. The first-order valence-electron chi connectivity index (χ1n) is 7.62. The Labute approximate surface area is 116 Å². The Bertz CT molecular complexity index is 405. The molecule has 1 atom stereocenters. The van der Waals surface area contributed by atoms with Crippen molar-refractivity contribution >= 4 is 11.6 Å². The summed E-state index contributed by atoms with van der Waals surface area (Å²) >= 11 is 0. The van der Waals surface area contributed by atoms with Gasteiger partial charge in [-0.05, 0) is 39.5 Å². The molecule has 0 saturated carbocycles. The molecule has 0 amide bonds. The average Bonchev–Trinajstić information content (AvgIpc) is 2.42. The lowest BCUT2D eigenvalue weighted by Crippen LogP contribution is -2.38. The van der Waals surface area contributed by atoms with Crippen LogP contribution in [0.25, 0.3) is 0 Å². The largest absolute Gasteiger partial charge is 0.370 e. The maximum absolute atomic E-state index is 4.59. The van der Waals surface area contributed by atoms with Gasteiger partial charge in [-0.2, -0.15) is 0 Å². The number of anilines is 2. The van der Waals surface area contributed by atoms with E-state index < -0.39 is 0 Å². The Morgan fingerprint density at radius 2 is 2.16 bits per heavy atom. The van der Waals surface area contributed by atoms with Crippen molar-refractivity contribution in [3.63, 3.8) is 0 Å². The van der Waals surface area contributed by atoms with Crippen LogP contribution in [0, 0.1) is 0 Å². The minimum Gasteiger partial charge on any atom is -0.370 e. The van der Waals surface area contributed by atoms with Crippen molar-refractivity contribution in [3.05, 3.63) is 11.9 Å². The Balaban J connectivity index is 2.34. The standard InChI is InChI=1S/C15H26N4/c1-4-8-13-14(16-5-2)17-11-18-15(13)19-10-7-6-9-12(19)3/h11-12H,4-10H2,1-3H3,(H,16,17,18). The van der Waals surface area contributed by atoms with Gasteiger partial charge in [0.2, 0.25) is 0 Å². The number of nitrogens with zero attached hydrogens (tertiary/aromatic N) is 3. The molecule has 1 unspecified atom stereocenters. The van der Waals surface area contributed by atoms with Crippen LogP contribution in [0.4, 0.5) is 11.6 Å². The van der Waals surface area contributed by atoms with Crippen molar-refractivity contribution < 1.29 is 0 Å². The number of nitrogens with one attached hydrogen (secondary N) is 1. The Kier molecular flexibility index (Phi) is 5.00. The van der Waals surface area contributed by atoms with E-state index in [0.717, 1.165) is 37.6 Å². The van der Waals surface area contributed by atoms with Gasteiger partial charge in [-0.25, -0.2) is 9.97 Å². The highest BCUT2D eigenvalue weighted by Crippen LogP contribution is 2.29. The molecule has 1 aliphatic heterocycles. The highest BCUT2D eigenvalue weighted by atomic mass is 15.2. The Morgan fingerprint density at radius 3 is 2.84 bits per heavy atom. The minimum atomic E-state index is 0.591. The first-order chi connectivity index (χ1) is 9.27. The molecule has 1 aliphatic rings. The maximum Gasteiger partial charge on any atom is 0.137 e. The third-order valence-corrected chi connectivity index (χ3v) is 3.84. The van der Waals surface area contributed by atoms with Crippen LogP contribution in [0.5, 0.6) is 0 Å². The first kappa shape index (κ1) is 14.1. The third-order valence-electron chi connectivity index (χ3n) is 3.84. The van der Waals surface area contributed by atoms with E-state index in [4.69, 9.17) is 0 Å². The van der Waals surface area contributed by atoms with Crippen LogP contribution in [0.15, 0.2) is 6.33 Å². The predicted octanol–water partition coefficient (Wildman–Crippen LogP) is 3.24. The molecule has 4 heteroatoms. The molecule has 106 valence electrons. The number of rotatable bonds is 5. The van der Waals surface area contributed by atoms with Gasteiger partial charge in [0.25, 0.3) is 0 Å². The summed E-state index contributed by atoms with van der Waals surface area (Å²) in [4.78, 5) is 11.5. The molecule has 2 heterocycles. The lowest BCUT2D eigenvalue weighted by atomic mass is 10.0. The minimum absolute atomic E-state index is 0.591. The lowest BCUT2D eigenvalue weighted by Gasteiger charge is -2.35. The highest BCUT2D eigenvalue weighted by Gasteiger charge is 2.23. The predicted molar refractivity (Wildman–Crippen MR) is 80.8 cm³/mol. The summed E-state index contributed by atoms with van der Waals surface area (Å²) in [7, 11) is 0. The number of piperidine rings is 1. The van der Waals surface area contributed by atoms with Crippen LogP contribution < -0.4 is 10.2 Å². The van der Waals surface area contributed by atoms with Crippen LogP contribution in [0.3, 0.4) is 0 Å². The first-order valence-corrected chi connectivity index (χ1v) is 7.62. The molecule has 1 N–H and O–H groups in total. The second-order valence-electron chi connectivity index (χ2n) is 5.34. The van der Waals surface area contributed by atoms with Gasteiger partial charge in [0.15, 0.2) is 0 Å². The smallest absolute Gasteiger partial charge is 0.137 e. The van der Waals surface area contributed by atoms with Crippen LogP contribution in [-0.2, 0) is 6.42 Å². The van der Waals surface area contributed by atoms with E-state index in [1.165, 1.54) is 24.8 Å². The summed E-state index contributed by atoms with van der Waals surface area (Å²) in [5.74, 6) is 2.17. The molecule has 4 nitrogen and oxygen atoms in total. The molecule has 2 rings (SSSR count). The molecule has 0 spiro atoms. The van der Waals surface area contributed by atoms with E-state index in [0.29, 0.717) is 6.04 Å². The topological polar surface area (TPSA) is 41.1 Å². The van der Waals surface area contributed by atoms with Gasteiger partial charge >= 0.3 is 0 Å². The van der Waals surface area contributed by atoms with Gasteiger partial charge in [-0.1, -0.05) is 13.3 Å². The number of aromatic nitrogens is 2. The average molecular weight is 262 g/mol.